The van der Waals surface area contributed by atoms with E-state index in [2.05, 4.69) is 90.9 Å². The zero-order valence-corrected chi connectivity index (χ0v) is 21.2. The molecule has 6 rings (SSSR count). The minimum atomic E-state index is -0.256. The van der Waals surface area contributed by atoms with Gasteiger partial charge in [0.2, 0.25) is 5.91 Å². The maximum atomic E-state index is 12.2. The van der Waals surface area contributed by atoms with Crippen molar-refractivity contribution in [2.75, 3.05) is 13.1 Å². The molecule has 8 heteroatoms. The SMILES string of the molecule is NC(=O)CC(c1cccc(-c2n[nH]c3ccc(-c4ncn[nH]4)cc23)c1)C1CCN(Cc2ccccc2)CC1. The molecule has 1 aliphatic rings. The van der Waals surface area contributed by atoms with Crippen molar-refractivity contribution in [1.82, 2.24) is 30.3 Å². The lowest BCUT2D eigenvalue weighted by Crippen LogP contribution is -2.36. The van der Waals surface area contributed by atoms with E-state index in [0.717, 1.165) is 65.8 Å². The van der Waals surface area contributed by atoms with Crippen LogP contribution in [0.5, 0.6) is 0 Å². The lowest BCUT2D eigenvalue weighted by atomic mass is 9.77. The van der Waals surface area contributed by atoms with Crippen LogP contribution in [0.25, 0.3) is 33.5 Å². The fraction of sp³-hybridized carbons (Fsp3) is 0.267. The minimum Gasteiger partial charge on any atom is -0.370 e. The molecule has 1 aliphatic heterocycles. The normalized spacial score (nSPS) is 15.6. The Bertz CT molecular complexity index is 1520. The van der Waals surface area contributed by atoms with Crippen molar-refractivity contribution in [3.63, 3.8) is 0 Å². The Hall–Kier alpha value is -4.30. The largest absolute Gasteiger partial charge is 0.370 e. The highest BCUT2D eigenvalue weighted by Gasteiger charge is 2.29. The first-order valence-electron chi connectivity index (χ1n) is 13.1. The number of nitrogens with one attached hydrogen (secondary N) is 2. The van der Waals surface area contributed by atoms with Crippen molar-refractivity contribution < 1.29 is 4.79 Å². The number of fused-ring (bicyclic) bond motifs is 1. The van der Waals surface area contributed by atoms with Gasteiger partial charge < -0.3 is 5.73 Å². The van der Waals surface area contributed by atoms with E-state index in [-0.39, 0.29) is 11.8 Å². The number of H-pyrrole nitrogens is 2. The Kier molecular flexibility index (Phi) is 6.71. The van der Waals surface area contributed by atoms with E-state index in [0.29, 0.717) is 18.2 Å². The molecule has 4 N–H and O–H groups in total. The number of carbonyl (C=O) groups excluding carboxylic acids is 1. The summed E-state index contributed by atoms with van der Waals surface area (Å²) in [5.74, 6) is 0.946. The molecule has 0 saturated carbocycles. The molecule has 2 aromatic heterocycles. The Labute approximate surface area is 221 Å². The van der Waals surface area contributed by atoms with Gasteiger partial charge in [0.15, 0.2) is 5.82 Å². The number of likely N-dealkylation sites (tertiary alicyclic amines) is 1. The van der Waals surface area contributed by atoms with Crippen LogP contribution in [0.3, 0.4) is 0 Å². The Morgan fingerprint density at radius 3 is 2.58 bits per heavy atom. The van der Waals surface area contributed by atoms with Gasteiger partial charge >= 0.3 is 0 Å². The molecule has 5 aromatic rings. The second-order valence-corrected chi connectivity index (χ2v) is 10.2. The first kappa shape index (κ1) is 24.1. The maximum absolute atomic E-state index is 12.2. The summed E-state index contributed by atoms with van der Waals surface area (Å²) in [6.07, 6.45) is 3.94. The van der Waals surface area contributed by atoms with Gasteiger partial charge in [0.05, 0.1) is 11.2 Å². The smallest absolute Gasteiger partial charge is 0.218 e. The minimum absolute atomic E-state index is 0.0845. The molecule has 0 aliphatic carbocycles. The van der Waals surface area contributed by atoms with Crippen molar-refractivity contribution in [2.45, 2.75) is 31.7 Å². The third kappa shape index (κ3) is 5.08. The average Bonchev–Trinajstić information content (AvgIpc) is 3.63. The first-order chi connectivity index (χ1) is 18.6. The monoisotopic (exact) mass is 505 g/mol. The number of nitrogens with two attached hydrogens (primary N) is 1. The summed E-state index contributed by atoms with van der Waals surface area (Å²) in [5, 5.41) is 15.7. The molecule has 1 saturated heterocycles. The summed E-state index contributed by atoms with van der Waals surface area (Å²) in [6.45, 7) is 3.00. The van der Waals surface area contributed by atoms with Crippen LogP contribution in [0.2, 0.25) is 0 Å². The van der Waals surface area contributed by atoms with Gasteiger partial charge in [-0.3, -0.25) is 19.9 Å². The van der Waals surface area contributed by atoms with Crippen molar-refractivity contribution in [2.24, 2.45) is 11.7 Å². The number of piperidine rings is 1. The maximum Gasteiger partial charge on any atom is 0.218 e. The van der Waals surface area contributed by atoms with Crippen molar-refractivity contribution >= 4 is 16.8 Å². The summed E-state index contributed by atoms with van der Waals surface area (Å²) in [6, 6.07) is 25.1. The van der Waals surface area contributed by atoms with Gasteiger partial charge in [-0.2, -0.15) is 10.2 Å². The molecule has 0 bridgehead atoms. The van der Waals surface area contributed by atoms with E-state index in [9.17, 15) is 4.79 Å². The zero-order valence-electron chi connectivity index (χ0n) is 21.2. The molecule has 1 atom stereocenters. The highest BCUT2D eigenvalue weighted by molar-refractivity contribution is 5.95. The van der Waals surface area contributed by atoms with Gasteiger partial charge in [0.1, 0.15) is 6.33 Å². The van der Waals surface area contributed by atoms with E-state index < -0.39 is 0 Å². The van der Waals surface area contributed by atoms with Crippen LogP contribution in [0.15, 0.2) is 79.1 Å². The van der Waals surface area contributed by atoms with Gasteiger partial charge in [-0.1, -0.05) is 48.5 Å². The average molecular weight is 506 g/mol. The van der Waals surface area contributed by atoms with Crippen molar-refractivity contribution in [3.05, 3.63) is 90.3 Å². The lowest BCUT2D eigenvalue weighted by molar-refractivity contribution is -0.118. The standard InChI is InChI=1S/C30H31N7O/c31-28(38)17-25(21-11-13-37(14-12-21)18-20-5-2-1-3-6-20)22-7-4-8-23(15-22)29-26-16-24(30-32-19-33-36-30)9-10-27(26)34-35-29/h1-10,15-16,19,21,25H,11-14,17-18H2,(H2,31,38)(H,34,35)(H,32,33,36). The molecule has 0 radical (unpaired) electrons. The number of hydrogen-bond acceptors (Lipinski definition) is 5. The Balaban J connectivity index is 1.25. The third-order valence-electron chi connectivity index (χ3n) is 7.71. The van der Waals surface area contributed by atoms with E-state index in [1.165, 1.54) is 11.9 Å². The summed E-state index contributed by atoms with van der Waals surface area (Å²) in [7, 11) is 0. The van der Waals surface area contributed by atoms with Crippen molar-refractivity contribution in [3.8, 4) is 22.6 Å². The van der Waals surface area contributed by atoms with Crippen LogP contribution in [0.1, 0.15) is 36.3 Å². The van der Waals surface area contributed by atoms with Gasteiger partial charge in [-0.15, -0.1) is 0 Å². The molecule has 0 spiro atoms. The van der Waals surface area contributed by atoms with Gasteiger partial charge in [-0.05, 0) is 73.2 Å². The number of benzene rings is 3. The fourth-order valence-electron chi connectivity index (χ4n) is 5.77. The second kappa shape index (κ2) is 10.6. The molecule has 1 fully saturated rings. The van der Waals surface area contributed by atoms with Crippen LogP contribution in [0.4, 0.5) is 0 Å². The molecule has 192 valence electrons. The molecular formula is C30H31N7O. The van der Waals surface area contributed by atoms with E-state index >= 15 is 0 Å². The van der Waals surface area contributed by atoms with Gasteiger partial charge in [-0.25, -0.2) is 4.98 Å². The topological polar surface area (TPSA) is 117 Å². The van der Waals surface area contributed by atoms with Gasteiger partial charge in [0, 0.05) is 29.5 Å². The summed E-state index contributed by atoms with van der Waals surface area (Å²) in [5.41, 5.74) is 12.0. The van der Waals surface area contributed by atoms with Gasteiger partial charge in [0.25, 0.3) is 0 Å². The molecular weight excluding hydrogens is 474 g/mol. The number of aromatic amines is 2. The lowest BCUT2D eigenvalue weighted by Gasteiger charge is -2.36. The number of amides is 1. The highest BCUT2D eigenvalue weighted by atomic mass is 16.1. The van der Waals surface area contributed by atoms with Crippen LogP contribution in [-0.4, -0.2) is 49.3 Å². The summed E-state index contributed by atoms with van der Waals surface area (Å²) < 4.78 is 0. The Morgan fingerprint density at radius 2 is 1.82 bits per heavy atom. The molecule has 3 aromatic carbocycles. The molecule has 38 heavy (non-hydrogen) atoms. The number of nitrogens with zero attached hydrogens (tertiary/aromatic N) is 4. The zero-order chi connectivity index (χ0) is 25.9. The number of rotatable bonds is 8. The summed E-state index contributed by atoms with van der Waals surface area (Å²) >= 11 is 0. The molecule has 1 unspecified atom stereocenters. The molecule has 1 amide bonds. The first-order valence-corrected chi connectivity index (χ1v) is 13.1. The van der Waals surface area contributed by atoms with Crippen LogP contribution >= 0.6 is 0 Å². The van der Waals surface area contributed by atoms with Crippen molar-refractivity contribution in [1.29, 1.82) is 0 Å². The predicted octanol–water partition coefficient (Wildman–Crippen LogP) is 4.89. The quantitative estimate of drug-likeness (QED) is 0.278. The third-order valence-corrected chi connectivity index (χ3v) is 7.71. The highest BCUT2D eigenvalue weighted by Crippen LogP contribution is 2.38. The summed E-state index contributed by atoms with van der Waals surface area (Å²) in [4.78, 5) is 18.9. The molecule has 3 heterocycles. The number of carbonyl (C=O) groups is 1. The van der Waals surface area contributed by atoms with E-state index in [1.54, 1.807) is 0 Å². The molecule has 8 nitrogen and oxygen atoms in total. The van der Waals surface area contributed by atoms with Crippen LogP contribution in [-0.2, 0) is 11.3 Å². The number of hydrogen-bond donors (Lipinski definition) is 3. The van der Waals surface area contributed by atoms with E-state index in [1.807, 2.05) is 12.1 Å². The number of primary amides is 1. The van der Waals surface area contributed by atoms with Crippen LogP contribution in [0, 0.1) is 5.92 Å². The van der Waals surface area contributed by atoms with E-state index in [4.69, 9.17) is 5.73 Å². The Morgan fingerprint density at radius 1 is 0.974 bits per heavy atom. The second-order valence-electron chi connectivity index (χ2n) is 10.2. The van der Waals surface area contributed by atoms with Crippen LogP contribution < -0.4 is 5.73 Å². The number of aromatic nitrogens is 5. The fourth-order valence-corrected chi connectivity index (χ4v) is 5.77. The predicted molar refractivity (Wildman–Crippen MR) is 148 cm³/mol.